The van der Waals surface area contributed by atoms with Gasteiger partial charge in [0.15, 0.2) is 0 Å². The molecule has 1 aliphatic carbocycles. The molecule has 6 heteroatoms. The lowest BCUT2D eigenvalue weighted by Gasteiger charge is -2.16. The molecular formula is C19H15F3O3. The van der Waals surface area contributed by atoms with Gasteiger partial charge in [0.1, 0.15) is 5.75 Å². The molecule has 2 aromatic rings. The summed E-state index contributed by atoms with van der Waals surface area (Å²) in [7, 11) is 0. The minimum atomic E-state index is -4.76. The van der Waals surface area contributed by atoms with Crippen LogP contribution in [0, 0.1) is 0 Å². The molecule has 0 fully saturated rings. The molecule has 1 aliphatic rings. The van der Waals surface area contributed by atoms with Crippen molar-refractivity contribution in [2.24, 2.45) is 0 Å². The highest BCUT2D eigenvalue weighted by molar-refractivity contribution is 5.98. The number of benzene rings is 2. The quantitative estimate of drug-likeness (QED) is 0.819. The topological polar surface area (TPSA) is 46.5 Å². The number of fused-ring (bicyclic) bond motifs is 1. The Kier molecular flexibility index (Phi) is 4.53. The smallest absolute Gasteiger partial charge is 0.478 e. The Morgan fingerprint density at radius 2 is 1.80 bits per heavy atom. The van der Waals surface area contributed by atoms with E-state index in [0.29, 0.717) is 17.5 Å². The number of carboxylic acid groups (broad SMARTS) is 1. The Hall–Kier alpha value is -2.76. The standard InChI is InChI=1S/C19H15F3O3/c20-19(21,22)25-14-9-6-13(7-10-14)17-15-5-3-1-2-4-12(15)8-11-16(17)18(23)24/h2,4,6-11H,1,3,5H2,(H,23,24). The van der Waals surface area contributed by atoms with E-state index in [-0.39, 0.29) is 11.3 Å². The fourth-order valence-electron chi connectivity index (χ4n) is 3.03. The van der Waals surface area contributed by atoms with Gasteiger partial charge in [0.25, 0.3) is 0 Å². The Morgan fingerprint density at radius 1 is 1.08 bits per heavy atom. The zero-order valence-electron chi connectivity index (χ0n) is 13.1. The first-order chi connectivity index (χ1) is 11.8. The number of aromatic carboxylic acids is 1. The van der Waals surface area contributed by atoms with E-state index in [9.17, 15) is 23.1 Å². The average molecular weight is 348 g/mol. The van der Waals surface area contributed by atoms with Gasteiger partial charge < -0.3 is 9.84 Å². The summed E-state index contributed by atoms with van der Waals surface area (Å²) in [5.41, 5.74) is 3.08. The third-order valence-corrected chi connectivity index (χ3v) is 4.05. The highest BCUT2D eigenvalue weighted by Crippen LogP contribution is 2.35. The van der Waals surface area contributed by atoms with Crippen molar-refractivity contribution in [3.8, 4) is 16.9 Å². The molecule has 0 saturated carbocycles. The van der Waals surface area contributed by atoms with Gasteiger partial charge in [0.2, 0.25) is 0 Å². The third-order valence-electron chi connectivity index (χ3n) is 4.05. The molecule has 1 N–H and O–H groups in total. The summed E-state index contributed by atoms with van der Waals surface area (Å²) in [6, 6.07) is 8.60. The van der Waals surface area contributed by atoms with Crippen LogP contribution in [0.15, 0.2) is 42.5 Å². The number of hydrogen-bond acceptors (Lipinski definition) is 2. The summed E-state index contributed by atoms with van der Waals surface area (Å²) in [4.78, 5) is 11.6. The zero-order chi connectivity index (χ0) is 18.0. The van der Waals surface area contributed by atoms with E-state index in [2.05, 4.69) is 4.74 Å². The first-order valence-electron chi connectivity index (χ1n) is 7.77. The molecule has 3 nitrogen and oxygen atoms in total. The molecule has 130 valence electrons. The molecule has 0 amide bonds. The number of carboxylic acids is 1. The van der Waals surface area contributed by atoms with Crippen molar-refractivity contribution in [2.75, 3.05) is 0 Å². The van der Waals surface area contributed by atoms with Gasteiger partial charge in [-0.25, -0.2) is 4.79 Å². The number of ether oxygens (including phenoxy) is 1. The van der Waals surface area contributed by atoms with Gasteiger partial charge in [-0.2, -0.15) is 0 Å². The van der Waals surface area contributed by atoms with Crippen LogP contribution >= 0.6 is 0 Å². The van der Waals surface area contributed by atoms with E-state index in [1.807, 2.05) is 12.2 Å². The van der Waals surface area contributed by atoms with E-state index in [1.54, 1.807) is 6.07 Å². The van der Waals surface area contributed by atoms with Crippen molar-refractivity contribution in [2.45, 2.75) is 25.6 Å². The van der Waals surface area contributed by atoms with E-state index >= 15 is 0 Å². The molecule has 0 saturated heterocycles. The SMILES string of the molecule is O=C(O)c1ccc2c(c1-c1ccc(OC(F)(F)F)cc1)CCCC=C2. The summed E-state index contributed by atoms with van der Waals surface area (Å²) in [6.45, 7) is 0. The average Bonchev–Trinajstić information content (AvgIpc) is 2.78. The van der Waals surface area contributed by atoms with Gasteiger partial charge >= 0.3 is 12.3 Å². The summed E-state index contributed by atoms with van der Waals surface area (Å²) >= 11 is 0. The molecule has 25 heavy (non-hydrogen) atoms. The number of hydrogen-bond donors (Lipinski definition) is 1. The summed E-state index contributed by atoms with van der Waals surface area (Å²) in [6.07, 6.45) is 1.72. The first-order valence-corrected chi connectivity index (χ1v) is 7.77. The molecule has 0 heterocycles. The Morgan fingerprint density at radius 3 is 2.44 bits per heavy atom. The number of alkyl halides is 3. The number of allylic oxidation sites excluding steroid dienone is 1. The Labute approximate surface area is 142 Å². The maximum Gasteiger partial charge on any atom is 0.573 e. The summed E-state index contributed by atoms with van der Waals surface area (Å²) in [5, 5.41) is 9.51. The molecular weight excluding hydrogens is 333 g/mol. The normalized spacial score (nSPS) is 13.9. The van der Waals surface area contributed by atoms with Crippen molar-refractivity contribution in [1.82, 2.24) is 0 Å². The first kappa shape index (κ1) is 17.1. The molecule has 0 aliphatic heterocycles. The highest BCUT2D eigenvalue weighted by Gasteiger charge is 2.31. The molecule has 0 aromatic heterocycles. The van der Waals surface area contributed by atoms with Crippen LogP contribution in [0.5, 0.6) is 5.75 Å². The lowest BCUT2D eigenvalue weighted by Crippen LogP contribution is -2.17. The number of halogens is 3. The maximum atomic E-state index is 12.3. The second-order valence-electron chi connectivity index (χ2n) is 5.73. The van der Waals surface area contributed by atoms with Crippen LogP contribution < -0.4 is 4.74 Å². The van der Waals surface area contributed by atoms with E-state index < -0.39 is 12.3 Å². The van der Waals surface area contributed by atoms with Crippen molar-refractivity contribution in [3.05, 3.63) is 59.2 Å². The van der Waals surface area contributed by atoms with Crippen LogP contribution in [0.25, 0.3) is 17.2 Å². The number of rotatable bonds is 3. The number of carbonyl (C=O) groups is 1. The molecule has 2 aromatic carbocycles. The van der Waals surface area contributed by atoms with Crippen LogP contribution in [-0.2, 0) is 6.42 Å². The molecule has 0 spiro atoms. The van der Waals surface area contributed by atoms with Crippen molar-refractivity contribution < 1.29 is 27.8 Å². The lowest BCUT2D eigenvalue weighted by atomic mass is 9.89. The summed E-state index contributed by atoms with van der Waals surface area (Å²) < 4.78 is 40.8. The van der Waals surface area contributed by atoms with E-state index in [0.717, 1.165) is 24.0 Å². The van der Waals surface area contributed by atoms with Gasteiger partial charge in [-0.05, 0) is 59.7 Å². The van der Waals surface area contributed by atoms with E-state index in [1.165, 1.54) is 30.3 Å². The van der Waals surface area contributed by atoms with Gasteiger partial charge in [0, 0.05) is 0 Å². The lowest BCUT2D eigenvalue weighted by molar-refractivity contribution is -0.274. The van der Waals surface area contributed by atoms with Gasteiger partial charge in [0.05, 0.1) is 5.56 Å². The molecule has 3 rings (SSSR count). The fraction of sp³-hybridized carbons (Fsp3) is 0.211. The Bertz CT molecular complexity index is 821. The predicted octanol–water partition coefficient (Wildman–Crippen LogP) is 5.30. The zero-order valence-corrected chi connectivity index (χ0v) is 13.1. The fourth-order valence-corrected chi connectivity index (χ4v) is 3.03. The second-order valence-corrected chi connectivity index (χ2v) is 5.73. The molecule has 0 unspecified atom stereocenters. The highest BCUT2D eigenvalue weighted by atomic mass is 19.4. The van der Waals surface area contributed by atoms with Crippen molar-refractivity contribution in [1.29, 1.82) is 0 Å². The van der Waals surface area contributed by atoms with Crippen molar-refractivity contribution >= 4 is 12.0 Å². The third kappa shape index (κ3) is 3.84. The predicted molar refractivity (Wildman–Crippen MR) is 87.5 cm³/mol. The van der Waals surface area contributed by atoms with Crippen LogP contribution in [0.4, 0.5) is 13.2 Å². The minimum absolute atomic E-state index is 0.138. The van der Waals surface area contributed by atoms with E-state index in [4.69, 9.17) is 0 Å². The molecule has 0 radical (unpaired) electrons. The Balaban J connectivity index is 2.09. The molecule has 0 atom stereocenters. The van der Waals surface area contributed by atoms with Gasteiger partial charge in [-0.3, -0.25) is 0 Å². The largest absolute Gasteiger partial charge is 0.573 e. The van der Waals surface area contributed by atoms with Gasteiger partial charge in [-0.1, -0.05) is 30.4 Å². The van der Waals surface area contributed by atoms with Crippen LogP contribution in [-0.4, -0.2) is 17.4 Å². The monoisotopic (exact) mass is 348 g/mol. The summed E-state index contributed by atoms with van der Waals surface area (Å²) in [5.74, 6) is -1.41. The van der Waals surface area contributed by atoms with Crippen LogP contribution in [0.1, 0.15) is 34.3 Å². The van der Waals surface area contributed by atoms with Crippen LogP contribution in [0.2, 0.25) is 0 Å². The second kappa shape index (κ2) is 6.63. The van der Waals surface area contributed by atoms with Crippen molar-refractivity contribution in [3.63, 3.8) is 0 Å². The minimum Gasteiger partial charge on any atom is -0.478 e. The maximum absolute atomic E-state index is 12.3. The van der Waals surface area contributed by atoms with Crippen LogP contribution in [0.3, 0.4) is 0 Å². The molecule has 0 bridgehead atoms. The van der Waals surface area contributed by atoms with Gasteiger partial charge in [-0.15, -0.1) is 13.2 Å².